The van der Waals surface area contributed by atoms with E-state index >= 15 is 0 Å². The topological polar surface area (TPSA) is 56.8 Å². The number of hydrogen-bond donors (Lipinski definition) is 1. The Hall–Kier alpha value is -0.870. The highest BCUT2D eigenvalue weighted by Gasteiger charge is 2.32. The number of quaternary nitrogens is 1. The van der Waals surface area contributed by atoms with E-state index in [0.717, 1.165) is 33.0 Å². The maximum Gasteiger partial charge on any atom is 0.197 e. The lowest BCUT2D eigenvalue weighted by Gasteiger charge is -2.30. The molecule has 0 radical (unpaired) electrons. The molecule has 0 spiro atoms. The molecule has 0 unspecified atom stereocenters. The van der Waals surface area contributed by atoms with Gasteiger partial charge in [0.05, 0.1) is 43.0 Å². The zero-order chi connectivity index (χ0) is 21.6. The van der Waals surface area contributed by atoms with Crippen LogP contribution in [0.15, 0.2) is 10.3 Å². The van der Waals surface area contributed by atoms with Gasteiger partial charge in [0.15, 0.2) is 16.0 Å². The third-order valence-corrected chi connectivity index (χ3v) is 9.09. The van der Waals surface area contributed by atoms with Gasteiger partial charge in [-0.15, -0.1) is 21.5 Å². The third-order valence-electron chi connectivity index (χ3n) is 6.10. The summed E-state index contributed by atoms with van der Waals surface area (Å²) in [6, 6.07) is 0. The number of aromatic nitrogens is 4. The normalized spacial score (nSPS) is 19.5. The molecule has 31 heavy (non-hydrogen) atoms. The fourth-order valence-corrected chi connectivity index (χ4v) is 7.59. The van der Waals surface area contributed by atoms with Gasteiger partial charge in [-0.05, 0) is 38.7 Å². The molecule has 1 fully saturated rings. The zero-order valence-electron chi connectivity index (χ0n) is 18.9. The van der Waals surface area contributed by atoms with Crippen molar-refractivity contribution in [2.75, 3.05) is 25.4 Å². The first kappa shape index (κ1) is 21.9. The maximum absolute atomic E-state index is 6.07. The van der Waals surface area contributed by atoms with Crippen LogP contribution in [0.2, 0.25) is 0 Å². The van der Waals surface area contributed by atoms with Crippen LogP contribution < -0.4 is 4.90 Å². The van der Waals surface area contributed by atoms with Gasteiger partial charge in [-0.3, -0.25) is 0 Å². The third kappa shape index (κ3) is 4.49. The van der Waals surface area contributed by atoms with Crippen molar-refractivity contribution in [2.45, 2.75) is 81.1 Å². The van der Waals surface area contributed by atoms with Crippen LogP contribution in [0.5, 0.6) is 0 Å². The Morgan fingerprint density at radius 1 is 1.16 bits per heavy atom. The first-order chi connectivity index (χ1) is 14.9. The Bertz CT molecular complexity index is 1080. The summed E-state index contributed by atoms with van der Waals surface area (Å²) >= 11 is 5.39. The number of nitrogens with one attached hydrogen (secondary N) is 1. The minimum absolute atomic E-state index is 0.155. The van der Waals surface area contributed by atoms with Gasteiger partial charge in [0.25, 0.3) is 0 Å². The fraction of sp³-hybridized carbons (Fsp3) is 0.682. The lowest BCUT2D eigenvalue weighted by molar-refractivity contribution is -0.902. The molecular weight excluding hydrogens is 446 g/mol. The lowest BCUT2D eigenvalue weighted by atomic mass is 9.94. The van der Waals surface area contributed by atoms with Crippen LogP contribution in [0.1, 0.15) is 57.4 Å². The van der Waals surface area contributed by atoms with E-state index in [-0.39, 0.29) is 5.60 Å². The minimum Gasteiger partial charge on any atom is -0.370 e. The summed E-state index contributed by atoms with van der Waals surface area (Å²) in [4.78, 5) is 9.22. The lowest BCUT2D eigenvalue weighted by Crippen LogP contribution is -3.13. The van der Waals surface area contributed by atoms with E-state index in [4.69, 9.17) is 14.8 Å². The molecule has 0 amide bonds. The molecule has 1 saturated heterocycles. The van der Waals surface area contributed by atoms with Crippen LogP contribution in [-0.4, -0.2) is 55.8 Å². The molecule has 5 heterocycles. The van der Waals surface area contributed by atoms with Gasteiger partial charge in [0, 0.05) is 16.5 Å². The largest absolute Gasteiger partial charge is 0.370 e. The highest BCUT2D eigenvalue weighted by atomic mass is 32.2. The Morgan fingerprint density at radius 3 is 2.74 bits per heavy atom. The summed E-state index contributed by atoms with van der Waals surface area (Å²) in [6.07, 6.45) is 5.03. The summed E-state index contributed by atoms with van der Waals surface area (Å²) in [6.45, 7) is 13.3. The van der Waals surface area contributed by atoms with Crippen LogP contribution >= 0.6 is 34.9 Å². The number of ether oxygens (including phenoxy) is 1. The van der Waals surface area contributed by atoms with E-state index in [9.17, 15) is 0 Å². The number of nitrogens with zero attached hydrogens (tertiary/aromatic N) is 4. The van der Waals surface area contributed by atoms with Crippen molar-refractivity contribution in [3.63, 3.8) is 0 Å². The smallest absolute Gasteiger partial charge is 0.197 e. The number of fused-ring (bicyclic) bond motifs is 5. The van der Waals surface area contributed by atoms with E-state index in [1.165, 1.54) is 54.7 Å². The first-order valence-corrected chi connectivity index (χ1v) is 14.1. The molecule has 5 rings (SSSR count). The highest BCUT2D eigenvalue weighted by Crippen LogP contribution is 2.41. The number of thiophene rings is 1. The fourth-order valence-electron chi connectivity index (χ4n) is 4.56. The summed E-state index contributed by atoms with van der Waals surface area (Å²) in [5.74, 6) is 1.07. The van der Waals surface area contributed by atoms with Crippen molar-refractivity contribution >= 4 is 50.7 Å². The molecule has 0 aliphatic carbocycles. The molecule has 2 aliphatic rings. The molecule has 6 nitrogen and oxygen atoms in total. The van der Waals surface area contributed by atoms with E-state index in [1.54, 1.807) is 28.0 Å². The van der Waals surface area contributed by atoms with Gasteiger partial charge in [-0.25, -0.2) is 9.38 Å². The molecule has 2 aliphatic heterocycles. The monoisotopic (exact) mass is 478 g/mol. The van der Waals surface area contributed by atoms with Gasteiger partial charge in [0.1, 0.15) is 4.83 Å². The van der Waals surface area contributed by atoms with E-state index in [1.807, 2.05) is 11.8 Å². The Morgan fingerprint density at radius 2 is 1.97 bits per heavy atom. The second-order valence-corrected chi connectivity index (χ2v) is 13.2. The number of piperidine rings is 1. The van der Waals surface area contributed by atoms with Crippen LogP contribution in [0, 0.1) is 0 Å². The predicted molar refractivity (Wildman–Crippen MR) is 130 cm³/mol. The predicted octanol–water partition coefficient (Wildman–Crippen LogP) is 3.85. The standard InChI is InChI=1S/C22H31N5OS3/c1-14(2)30-20-23-19-17(15-12-22(3,4)28-13-16(15)31-19)18-24-25-21(27(18)20)29-11-10-26-8-6-5-7-9-26/h14H,5-13H2,1-4H3/p+1. The molecule has 0 bridgehead atoms. The van der Waals surface area contributed by atoms with Gasteiger partial charge in [-0.1, -0.05) is 37.4 Å². The summed E-state index contributed by atoms with van der Waals surface area (Å²) in [5.41, 5.74) is 2.17. The van der Waals surface area contributed by atoms with Crippen molar-refractivity contribution in [2.24, 2.45) is 0 Å². The van der Waals surface area contributed by atoms with E-state index in [2.05, 4.69) is 37.2 Å². The Labute approximate surface area is 196 Å². The number of hydrogen-bond acceptors (Lipinski definition) is 7. The zero-order valence-corrected chi connectivity index (χ0v) is 21.3. The maximum atomic E-state index is 6.07. The molecular formula is C22H32N5OS3+. The summed E-state index contributed by atoms with van der Waals surface area (Å²) in [7, 11) is 0. The molecule has 168 valence electrons. The molecule has 0 atom stereocenters. The van der Waals surface area contributed by atoms with Gasteiger partial charge in [0.2, 0.25) is 0 Å². The molecule has 0 aromatic carbocycles. The molecule has 0 saturated carbocycles. The van der Waals surface area contributed by atoms with Crippen molar-refractivity contribution in [3.8, 4) is 0 Å². The van der Waals surface area contributed by atoms with Crippen molar-refractivity contribution in [1.29, 1.82) is 0 Å². The number of thioether (sulfide) groups is 2. The molecule has 1 N–H and O–H groups in total. The SMILES string of the molecule is CC(C)Sc1nc2sc3c(c2c2nnc(SCC[NH+]4CCCCC4)n12)CC(C)(C)OC3. The summed E-state index contributed by atoms with van der Waals surface area (Å²) in [5, 5.41) is 13.0. The Balaban J connectivity index is 1.52. The van der Waals surface area contributed by atoms with Crippen LogP contribution in [-0.2, 0) is 17.8 Å². The van der Waals surface area contributed by atoms with Gasteiger partial charge < -0.3 is 9.64 Å². The van der Waals surface area contributed by atoms with Gasteiger partial charge >= 0.3 is 0 Å². The molecule has 3 aromatic heterocycles. The van der Waals surface area contributed by atoms with Crippen LogP contribution in [0.4, 0.5) is 0 Å². The van der Waals surface area contributed by atoms with Crippen molar-refractivity contribution in [1.82, 2.24) is 19.6 Å². The van der Waals surface area contributed by atoms with E-state index < -0.39 is 0 Å². The van der Waals surface area contributed by atoms with E-state index in [0.29, 0.717) is 11.9 Å². The molecule has 9 heteroatoms. The number of likely N-dealkylation sites (tertiary alicyclic amines) is 1. The highest BCUT2D eigenvalue weighted by molar-refractivity contribution is 8.00. The first-order valence-electron chi connectivity index (χ1n) is 11.4. The average molecular weight is 479 g/mol. The van der Waals surface area contributed by atoms with Crippen LogP contribution in [0.25, 0.3) is 15.9 Å². The van der Waals surface area contributed by atoms with Crippen LogP contribution in [0.3, 0.4) is 0 Å². The van der Waals surface area contributed by atoms with Crippen molar-refractivity contribution in [3.05, 3.63) is 10.4 Å². The molecule has 3 aromatic rings. The summed E-state index contributed by atoms with van der Waals surface area (Å²) < 4.78 is 8.29. The van der Waals surface area contributed by atoms with Gasteiger partial charge in [-0.2, -0.15) is 0 Å². The minimum atomic E-state index is -0.155. The Kier molecular flexibility index (Phi) is 6.24. The second kappa shape index (κ2) is 8.82. The second-order valence-electron chi connectivity index (χ2n) is 9.52. The average Bonchev–Trinajstić information content (AvgIpc) is 3.29. The quantitative estimate of drug-likeness (QED) is 0.429. The van der Waals surface area contributed by atoms with Crippen molar-refractivity contribution < 1.29 is 9.64 Å². The number of rotatable bonds is 6.